The van der Waals surface area contributed by atoms with Gasteiger partial charge in [0, 0.05) is 25.4 Å². The van der Waals surface area contributed by atoms with Crippen LogP contribution in [0.25, 0.3) is 0 Å². The summed E-state index contributed by atoms with van der Waals surface area (Å²) < 4.78 is 0. The molecule has 0 aromatic heterocycles. The molecule has 0 bridgehead atoms. The van der Waals surface area contributed by atoms with Gasteiger partial charge in [-0.05, 0) is 65.8 Å². The Kier molecular flexibility index (Phi) is 12.7. The SMILES string of the molecule is CCCN.CCCNCC(C)(C)CN1C(=O)CC(CC(C)(C)C(C)(C)CC(C)(C)C(C)(C)C)C1=O. The second-order valence-corrected chi connectivity index (χ2v) is 14.6. The molecule has 1 atom stereocenters. The maximum Gasteiger partial charge on any atom is 0.232 e. The molecule has 35 heavy (non-hydrogen) atoms. The van der Waals surface area contributed by atoms with Crippen LogP contribution in [-0.4, -0.2) is 42.9 Å². The zero-order valence-corrected chi connectivity index (χ0v) is 25.8. The van der Waals surface area contributed by atoms with Crippen molar-refractivity contribution in [2.45, 2.75) is 122 Å². The summed E-state index contributed by atoms with van der Waals surface area (Å²) in [7, 11) is 0. The molecule has 1 unspecified atom stereocenters. The topological polar surface area (TPSA) is 75.4 Å². The number of nitrogens with two attached hydrogens (primary N) is 1. The highest BCUT2D eigenvalue weighted by Gasteiger charge is 2.49. The highest BCUT2D eigenvalue weighted by Crippen LogP contribution is 2.54. The van der Waals surface area contributed by atoms with Gasteiger partial charge in [0.05, 0.1) is 0 Å². The minimum atomic E-state index is -0.195. The van der Waals surface area contributed by atoms with Crippen molar-refractivity contribution in [2.24, 2.45) is 38.7 Å². The van der Waals surface area contributed by atoms with Gasteiger partial charge in [0.1, 0.15) is 0 Å². The highest BCUT2D eigenvalue weighted by molar-refractivity contribution is 6.03. The van der Waals surface area contributed by atoms with Gasteiger partial charge in [-0.2, -0.15) is 0 Å². The third-order valence-corrected chi connectivity index (χ3v) is 8.75. The molecule has 0 aliphatic carbocycles. The lowest BCUT2D eigenvalue weighted by Crippen LogP contribution is -2.44. The van der Waals surface area contributed by atoms with Crippen molar-refractivity contribution in [1.29, 1.82) is 0 Å². The molecule has 0 aromatic carbocycles. The Bertz CT molecular complexity index is 670. The molecule has 5 nitrogen and oxygen atoms in total. The van der Waals surface area contributed by atoms with E-state index in [1.165, 1.54) is 0 Å². The summed E-state index contributed by atoms with van der Waals surface area (Å²) in [5.74, 6) is -0.159. The number of nitrogens with zero attached hydrogens (tertiary/aromatic N) is 1. The molecule has 0 saturated carbocycles. The molecule has 1 fully saturated rings. The summed E-state index contributed by atoms with van der Waals surface area (Å²) in [4.78, 5) is 27.6. The van der Waals surface area contributed by atoms with Gasteiger partial charge in [0.25, 0.3) is 0 Å². The molecule has 1 heterocycles. The number of nitrogens with one attached hydrogen (secondary N) is 1. The highest BCUT2D eigenvalue weighted by atomic mass is 16.2. The molecule has 208 valence electrons. The summed E-state index contributed by atoms with van der Waals surface area (Å²) in [5, 5.41) is 3.43. The molecule has 0 spiro atoms. The van der Waals surface area contributed by atoms with Gasteiger partial charge in [-0.3, -0.25) is 14.5 Å². The molecule has 1 aliphatic heterocycles. The molecular weight excluding hydrogens is 434 g/mol. The zero-order valence-electron chi connectivity index (χ0n) is 25.8. The number of likely N-dealkylation sites (tertiary alicyclic amines) is 1. The summed E-state index contributed by atoms with van der Waals surface area (Å²) >= 11 is 0. The molecule has 0 radical (unpaired) electrons. The lowest BCUT2D eigenvalue weighted by atomic mass is 9.54. The normalized spacial score (nSPS) is 18.1. The average Bonchev–Trinajstić information content (AvgIpc) is 2.93. The lowest BCUT2D eigenvalue weighted by molar-refractivity contribution is -0.141. The number of carbonyl (C=O) groups excluding carboxylic acids is 2. The zero-order chi connectivity index (χ0) is 27.9. The van der Waals surface area contributed by atoms with Crippen molar-refractivity contribution in [3.8, 4) is 0 Å². The summed E-state index contributed by atoms with van der Waals surface area (Å²) in [6.07, 6.45) is 4.37. The van der Waals surface area contributed by atoms with Crippen LogP contribution in [0.2, 0.25) is 0 Å². The molecule has 0 aromatic rings. The first kappa shape index (κ1) is 34.1. The molecule has 3 N–H and O–H groups in total. The van der Waals surface area contributed by atoms with E-state index in [-0.39, 0.29) is 44.8 Å². The molecule has 1 rings (SSSR count). The summed E-state index contributed by atoms with van der Waals surface area (Å²) in [6.45, 7) is 32.4. The lowest BCUT2D eigenvalue weighted by Gasteiger charge is -2.51. The number of carbonyl (C=O) groups is 2. The summed E-state index contributed by atoms with van der Waals surface area (Å²) in [6, 6.07) is 0. The third-order valence-electron chi connectivity index (χ3n) is 8.75. The fourth-order valence-corrected chi connectivity index (χ4v) is 4.67. The Morgan fingerprint density at radius 1 is 0.857 bits per heavy atom. The molecule has 1 aliphatic rings. The fraction of sp³-hybridized carbons (Fsp3) is 0.933. The monoisotopic (exact) mass is 495 g/mol. The second-order valence-electron chi connectivity index (χ2n) is 14.6. The van der Waals surface area contributed by atoms with Crippen molar-refractivity contribution < 1.29 is 9.59 Å². The van der Waals surface area contributed by atoms with Crippen molar-refractivity contribution in [2.75, 3.05) is 26.2 Å². The van der Waals surface area contributed by atoms with Crippen LogP contribution in [0.4, 0.5) is 0 Å². The van der Waals surface area contributed by atoms with Crippen molar-refractivity contribution in [1.82, 2.24) is 10.2 Å². The van der Waals surface area contributed by atoms with Gasteiger partial charge < -0.3 is 11.1 Å². The van der Waals surface area contributed by atoms with Crippen LogP contribution < -0.4 is 11.1 Å². The van der Waals surface area contributed by atoms with Crippen LogP contribution in [0.5, 0.6) is 0 Å². The van der Waals surface area contributed by atoms with Crippen LogP contribution in [0.3, 0.4) is 0 Å². The molecule has 1 saturated heterocycles. The van der Waals surface area contributed by atoms with Crippen LogP contribution in [-0.2, 0) is 9.59 Å². The number of imide groups is 1. The number of hydrogen-bond acceptors (Lipinski definition) is 4. The fourth-order valence-electron chi connectivity index (χ4n) is 4.67. The number of amides is 2. The van der Waals surface area contributed by atoms with Gasteiger partial charge in [-0.25, -0.2) is 0 Å². The maximum atomic E-state index is 13.3. The maximum absolute atomic E-state index is 13.3. The number of hydrogen-bond donors (Lipinski definition) is 2. The smallest absolute Gasteiger partial charge is 0.232 e. The molecule has 5 heteroatoms. The van der Waals surface area contributed by atoms with Crippen LogP contribution in [0, 0.1) is 33.0 Å². The van der Waals surface area contributed by atoms with Crippen LogP contribution in [0.15, 0.2) is 0 Å². The third kappa shape index (κ3) is 10.1. The minimum Gasteiger partial charge on any atom is -0.330 e. The standard InChI is InChI=1S/C27H52N2O2.C3H9N/c1-13-14-28-18-24(5,6)19-29-21(30)15-20(22(29)31)16-25(7,8)27(11,12)17-26(9,10)23(2,3)4;1-2-3-4/h20,28H,13-19H2,1-12H3;2-4H2,1H3. The van der Waals surface area contributed by atoms with Gasteiger partial charge >= 0.3 is 0 Å². The first-order valence-electron chi connectivity index (χ1n) is 13.9. The molecular formula is C30H61N3O2. The Morgan fingerprint density at radius 2 is 1.37 bits per heavy atom. The van der Waals surface area contributed by atoms with Gasteiger partial charge in [0.15, 0.2) is 0 Å². The average molecular weight is 496 g/mol. The van der Waals surface area contributed by atoms with Crippen LogP contribution >= 0.6 is 0 Å². The van der Waals surface area contributed by atoms with E-state index in [0.29, 0.717) is 13.0 Å². The summed E-state index contributed by atoms with van der Waals surface area (Å²) in [5.41, 5.74) is 5.27. The predicted octanol–water partition coefficient (Wildman–Crippen LogP) is 6.65. The van der Waals surface area contributed by atoms with E-state index in [0.717, 1.165) is 45.3 Å². The van der Waals surface area contributed by atoms with Crippen molar-refractivity contribution in [3.63, 3.8) is 0 Å². The van der Waals surface area contributed by atoms with E-state index < -0.39 is 0 Å². The van der Waals surface area contributed by atoms with E-state index in [9.17, 15) is 9.59 Å². The van der Waals surface area contributed by atoms with Crippen molar-refractivity contribution >= 4 is 11.8 Å². The minimum absolute atomic E-state index is 0.00203. The van der Waals surface area contributed by atoms with E-state index in [1.807, 2.05) is 0 Å². The first-order valence-corrected chi connectivity index (χ1v) is 13.9. The predicted molar refractivity (Wildman–Crippen MR) is 151 cm³/mol. The Balaban J connectivity index is 0.00000267. The van der Waals surface area contributed by atoms with Gasteiger partial charge in [0.2, 0.25) is 11.8 Å². The Hall–Kier alpha value is -0.940. The van der Waals surface area contributed by atoms with E-state index in [1.54, 1.807) is 4.90 Å². The second kappa shape index (κ2) is 13.0. The van der Waals surface area contributed by atoms with Gasteiger partial charge in [-0.1, -0.05) is 90.0 Å². The first-order chi connectivity index (χ1) is 15.7. The van der Waals surface area contributed by atoms with Crippen molar-refractivity contribution in [3.05, 3.63) is 0 Å². The van der Waals surface area contributed by atoms with Gasteiger partial charge in [-0.15, -0.1) is 0 Å². The number of rotatable bonds is 12. The van der Waals surface area contributed by atoms with Crippen LogP contribution in [0.1, 0.15) is 122 Å². The quantitative estimate of drug-likeness (QED) is 0.235. The van der Waals surface area contributed by atoms with E-state index in [2.05, 4.69) is 95.3 Å². The Morgan fingerprint density at radius 3 is 1.80 bits per heavy atom. The Labute approximate surface area is 218 Å². The molecule has 2 amide bonds. The van der Waals surface area contributed by atoms with E-state index >= 15 is 0 Å². The van der Waals surface area contributed by atoms with E-state index in [4.69, 9.17) is 5.73 Å². The largest absolute Gasteiger partial charge is 0.330 e.